The molecule has 0 aromatic heterocycles. The molecule has 0 N–H and O–H groups in total. The summed E-state index contributed by atoms with van der Waals surface area (Å²) in [5.74, 6) is 3.33. The molecule has 1 aromatic carbocycles. The molecular formula is C26H39BrO2. The SMILES string of the molecule is CCCC1CCC(C2CCC(C(Cc3ccc(Br)cc3)C(=O)OCC)CC2)CC1. The van der Waals surface area contributed by atoms with Crippen molar-refractivity contribution in [2.24, 2.45) is 29.6 Å². The summed E-state index contributed by atoms with van der Waals surface area (Å²) >= 11 is 3.51. The zero-order valence-corrected chi connectivity index (χ0v) is 20.0. The second-order valence-corrected chi connectivity index (χ2v) is 10.3. The van der Waals surface area contributed by atoms with Crippen molar-refractivity contribution in [3.05, 3.63) is 34.3 Å². The van der Waals surface area contributed by atoms with E-state index in [2.05, 4.69) is 47.1 Å². The van der Waals surface area contributed by atoms with E-state index in [-0.39, 0.29) is 11.9 Å². The van der Waals surface area contributed by atoms with Gasteiger partial charge >= 0.3 is 5.97 Å². The first kappa shape index (κ1) is 22.8. The lowest BCUT2D eigenvalue weighted by Gasteiger charge is -2.39. The van der Waals surface area contributed by atoms with Gasteiger partial charge in [-0.2, -0.15) is 0 Å². The van der Waals surface area contributed by atoms with Crippen molar-refractivity contribution in [2.75, 3.05) is 6.61 Å². The summed E-state index contributed by atoms with van der Waals surface area (Å²) in [6.07, 6.45) is 14.4. The minimum absolute atomic E-state index is 0.0114. The Morgan fingerprint density at radius 1 is 0.966 bits per heavy atom. The fourth-order valence-electron chi connectivity index (χ4n) is 5.94. The van der Waals surface area contributed by atoms with Gasteiger partial charge in [0, 0.05) is 4.47 Å². The fourth-order valence-corrected chi connectivity index (χ4v) is 6.21. The number of ether oxygens (including phenoxy) is 1. The van der Waals surface area contributed by atoms with Crippen molar-refractivity contribution < 1.29 is 9.53 Å². The first-order chi connectivity index (χ1) is 14.1. The molecule has 0 heterocycles. The number of rotatable bonds is 8. The molecule has 2 nitrogen and oxygen atoms in total. The fraction of sp³-hybridized carbons (Fsp3) is 0.731. The molecule has 3 heteroatoms. The van der Waals surface area contributed by atoms with Crippen molar-refractivity contribution in [3.8, 4) is 0 Å². The second kappa shape index (κ2) is 11.5. The highest BCUT2D eigenvalue weighted by atomic mass is 79.9. The van der Waals surface area contributed by atoms with Crippen molar-refractivity contribution in [3.63, 3.8) is 0 Å². The monoisotopic (exact) mass is 462 g/mol. The predicted molar refractivity (Wildman–Crippen MR) is 124 cm³/mol. The molecule has 1 aromatic rings. The molecule has 2 saturated carbocycles. The van der Waals surface area contributed by atoms with Crippen molar-refractivity contribution in [1.29, 1.82) is 0 Å². The van der Waals surface area contributed by atoms with E-state index < -0.39 is 0 Å². The number of esters is 1. The van der Waals surface area contributed by atoms with Gasteiger partial charge in [-0.15, -0.1) is 0 Å². The van der Waals surface area contributed by atoms with Gasteiger partial charge in [0.2, 0.25) is 0 Å². The van der Waals surface area contributed by atoms with Crippen LogP contribution in [0.2, 0.25) is 0 Å². The summed E-state index contributed by atoms with van der Waals surface area (Å²) in [6, 6.07) is 8.42. The molecule has 3 rings (SSSR count). The Kier molecular flexibility index (Phi) is 9.08. The molecule has 2 aliphatic rings. The average Bonchev–Trinajstić information content (AvgIpc) is 2.74. The second-order valence-electron chi connectivity index (χ2n) is 9.43. The Bertz CT molecular complexity index is 610. The molecule has 29 heavy (non-hydrogen) atoms. The van der Waals surface area contributed by atoms with Crippen molar-refractivity contribution in [2.45, 2.75) is 84.5 Å². The molecule has 2 fully saturated rings. The lowest BCUT2D eigenvalue weighted by molar-refractivity contribution is -0.150. The summed E-state index contributed by atoms with van der Waals surface area (Å²) in [7, 11) is 0. The highest BCUT2D eigenvalue weighted by Gasteiger charge is 2.36. The minimum Gasteiger partial charge on any atom is -0.466 e. The van der Waals surface area contributed by atoms with Crippen molar-refractivity contribution in [1.82, 2.24) is 0 Å². The number of halogens is 1. The van der Waals surface area contributed by atoms with Gasteiger partial charge in [-0.3, -0.25) is 4.79 Å². The maximum Gasteiger partial charge on any atom is 0.309 e. The zero-order chi connectivity index (χ0) is 20.6. The van der Waals surface area contributed by atoms with Crippen LogP contribution in [0.25, 0.3) is 0 Å². The summed E-state index contributed by atoms with van der Waals surface area (Å²) in [4.78, 5) is 12.8. The molecule has 0 saturated heterocycles. The molecule has 0 aliphatic heterocycles. The van der Waals surface area contributed by atoms with E-state index in [0.29, 0.717) is 12.5 Å². The minimum atomic E-state index is 0.0114. The van der Waals surface area contributed by atoms with Gasteiger partial charge in [0.25, 0.3) is 0 Å². The number of carbonyl (C=O) groups excluding carboxylic acids is 1. The van der Waals surface area contributed by atoms with Crippen LogP contribution in [0, 0.1) is 29.6 Å². The molecule has 1 atom stereocenters. The smallest absolute Gasteiger partial charge is 0.309 e. The quantitative estimate of drug-likeness (QED) is 0.372. The van der Waals surface area contributed by atoms with Crippen LogP contribution in [0.5, 0.6) is 0 Å². The van der Waals surface area contributed by atoms with Gasteiger partial charge in [-0.1, -0.05) is 60.7 Å². The number of carbonyl (C=O) groups is 1. The highest BCUT2D eigenvalue weighted by Crippen LogP contribution is 2.44. The Morgan fingerprint density at radius 3 is 2.10 bits per heavy atom. The van der Waals surface area contributed by atoms with E-state index in [4.69, 9.17) is 4.74 Å². The van der Waals surface area contributed by atoms with Crippen LogP contribution in [-0.4, -0.2) is 12.6 Å². The average molecular weight is 464 g/mol. The van der Waals surface area contributed by atoms with Gasteiger partial charge in [-0.05, 0) is 93.2 Å². The summed E-state index contributed by atoms with van der Waals surface area (Å²) in [5.41, 5.74) is 1.24. The molecule has 162 valence electrons. The first-order valence-electron chi connectivity index (χ1n) is 12.0. The third-order valence-corrected chi connectivity index (χ3v) is 8.13. The third kappa shape index (κ3) is 6.57. The molecule has 0 amide bonds. The van der Waals surface area contributed by atoms with Crippen LogP contribution in [-0.2, 0) is 16.0 Å². The Balaban J connectivity index is 1.55. The van der Waals surface area contributed by atoms with Gasteiger partial charge in [0.1, 0.15) is 0 Å². The van der Waals surface area contributed by atoms with Crippen LogP contribution in [0.15, 0.2) is 28.7 Å². The van der Waals surface area contributed by atoms with Gasteiger partial charge in [-0.25, -0.2) is 0 Å². The van der Waals surface area contributed by atoms with E-state index in [9.17, 15) is 4.79 Å². The Labute approximate surface area is 186 Å². The summed E-state index contributed by atoms with van der Waals surface area (Å²) in [5, 5.41) is 0. The normalized spacial score (nSPS) is 28.7. The maximum absolute atomic E-state index is 12.8. The topological polar surface area (TPSA) is 26.3 Å². The Morgan fingerprint density at radius 2 is 1.55 bits per heavy atom. The first-order valence-corrected chi connectivity index (χ1v) is 12.8. The molecular weight excluding hydrogens is 424 g/mol. The lowest BCUT2D eigenvalue weighted by atomic mass is 9.66. The molecule has 1 unspecified atom stereocenters. The zero-order valence-electron chi connectivity index (χ0n) is 18.4. The van der Waals surface area contributed by atoms with E-state index in [0.717, 1.165) is 28.6 Å². The molecule has 2 aliphatic carbocycles. The molecule has 0 spiro atoms. The van der Waals surface area contributed by atoms with Crippen LogP contribution in [0.1, 0.15) is 83.6 Å². The van der Waals surface area contributed by atoms with E-state index in [1.54, 1.807) is 0 Å². The third-order valence-electron chi connectivity index (χ3n) is 7.60. The largest absolute Gasteiger partial charge is 0.466 e. The van der Waals surface area contributed by atoms with E-state index in [1.807, 2.05) is 6.92 Å². The van der Waals surface area contributed by atoms with Gasteiger partial charge < -0.3 is 4.74 Å². The number of hydrogen-bond donors (Lipinski definition) is 0. The molecule has 0 bridgehead atoms. The number of benzene rings is 1. The standard InChI is InChI=1S/C26H39BrO2/c1-3-5-19-6-10-21(11-7-19)22-12-14-23(15-13-22)25(26(28)29-4-2)18-20-8-16-24(27)17-9-20/h8-9,16-17,19,21-23,25H,3-7,10-15,18H2,1-2H3. The van der Waals surface area contributed by atoms with E-state index in [1.165, 1.54) is 69.8 Å². The van der Waals surface area contributed by atoms with Gasteiger partial charge in [0.05, 0.1) is 12.5 Å². The maximum atomic E-state index is 12.8. The van der Waals surface area contributed by atoms with Crippen molar-refractivity contribution >= 4 is 21.9 Å². The lowest BCUT2D eigenvalue weighted by Crippen LogP contribution is -2.33. The van der Waals surface area contributed by atoms with Crippen LogP contribution in [0.3, 0.4) is 0 Å². The highest BCUT2D eigenvalue weighted by molar-refractivity contribution is 9.10. The van der Waals surface area contributed by atoms with E-state index >= 15 is 0 Å². The molecule has 0 radical (unpaired) electrons. The summed E-state index contributed by atoms with van der Waals surface area (Å²) < 4.78 is 6.57. The van der Waals surface area contributed by atoms with Gasteiger partial charge in [0.15, 0.2) is 0 Å². The number of hydrogen-bond acceptors (Lipinski definition) is 2. The van der Waals surface area contributed by atoms with Crippen LogP contribution >= 0.6 is 15.9 Å². The Hall–Kier alpha value is -0.830. The summed E-state index contributed by atoms with van der Waals surface area (Å²) in [6.45, 7) is 4.72. The van der Waals surface area contributed by atoms with Crippen LogP contribution < -0.4 is 0 Å². The predicted octanol–water partition coefficient (Wildman–Crippen LogP) is 7.58. The van der Waals surface area contributed by atoms with Crippen LogP contribution in [0.4, 0.5) is 0 Å².